The van der Waals surface area contributed by atoms with Gasteiger partial charge >= 0.3 is 0 Å². The normalized spacial score (nSPS) is 10.8. The van der Waals surface area contributed by atoms with E-state index in [0.717, 1.165) is 5.69 Å². The van der Waals surface area contributed by atoms with E-state index in [1.54, 1.807) is 6.07 Å². The molecule has 1 rings (SSSR count). The lowest BCUT2D eigenvalue weighted by molar-refractivity contribution is -0.120. The molecule has 0 radical (unpaired) electrons. The number of anilines is 1. The number of hydrogen-bond donors (Lipinski definition) is 2. The van der Waals surface area contributed by atoms with Crippen LogP contribution in [0, 0.1) is 12.8 Å². The zero-order valence-electron chi connectivity index (χ0n) is 13.6. The number of carbonyl (C=O) groups excluding carboxylic acids is 1. The maximum absolute atomic E-state index is 11.6. The summed E-state index contributed by atoms with van der Waals surface area (Å²) in [5.41, 5.74) is 0.826. The van der Waals surface area contributed by atoms with Crippen molar-refractivity contribution in [3.05, 3.63) is 11.8 Å². The molecule has 118 valence electrons. The molecule has 0 aliphatic heterocycles. The summed E-state index contributed by atoms with van der Waals surface area (Å²) in [6.07, 6.45) is 0.457. The summed E-state index contributed by atoms with van der Waals surface area (Å²) >= 11 is 0. The van der Waals surface area contributed by atoms with E-state index in [1.807, 2.05) is 20.8 Å². The van der Waals surface area contributed by atoms with Crippen molar-refractivity contribution < 1.29 is 9.53 Å². The lowest BCUT2D eigenvalue weighted by atomic mass is 10.2. The van der Waals surface area contributed by atoms with Crippen molar-refractivity contribution in [3.63, 3.8) is 0 Å². The van der Waals surface area contributed by atoms with Gasteiger partial charge in [0.15, 0.2) is 0 Å². The van der Waals surface area contributed by atoms with Crippen LogP contribution in [-0.2, 0) is 4.79 Å². The number of nitrogens with one attached hydrogen (secondary N) is 2. The Morgan fingerprint density at radius 3 is 2.62 bits per heavy atom. The SMILES string of the molecule is Cc1cc(OC(C)C)nc(NCCC(=O)NCC(C)C)n1. The molecule has 0 aliphatic rings. The van der Waals surface area contributed by atoms with Gasteiger partial charge in [-0.3, -0.25) is 4.79 Å². The minimum absolute atomic E-state index is 0.0301. The van der Waals surface area contributed by atoms with Gasteiger partial charge in [0.25, 0.3) is 0 Å². The van der Waals surface area contributed by atoms with Gasteiger partial charge in [0.05, 0.1) is 6.10 Å². The topological polar surface area (TPSA) is 76.1 Å². The predicted molar refractivity (Wildman–Crippen MR) is 83.5 cm³/mol. The summed E-state index contributed by atoms with van der Waals surface area (Å²) in [6.45, 7) is 11.1. The van der Waals surface area contributed by atoms with Gasteiger partial charge in [-0.15, -0.1) is 0 Å². The number of hydrogen-bond acceptors (Lipinski definition) is 5. The summed E-state index contributed by atoms with van der Waals surface area (Å²) < 4.78 is 5.56. The molecule has 0 atom stereocenters. The molecular formula is C15H26N4O2. The number of carbonyl (C=O) groups is 1. The van der Waals surface area contributed by atoms with Gasteiger partial charge in [0.2, 0.25) is 17.7 Å². The molecule has 0 aliphatic carbocycles. The van der Waals surface area contributed by atoms with Gasteiger partial charge in [0, 0.05) is 31.3 Å². The van der Waals surface area contributed by atoms with Gasteiger partial charge in [0.1, 0.15) is 0 Å². The Morgan fingerprint density at radius 2 is 2.00 bits per heavy atom. The van der Waals surface area contributed by atoms with E-state index in [1.165, 1.54) is 0 Å². The van der Waals surface area contributed by atoms with Crippen LogP contribution in [0.2, 0.25) is 0 Å². The fourth-order valence-corrected chi connectivity index (χ4v) is 1.61. The average Bonchev–Trinajstić information content (AvgIpc) is 2.34. The van der Waals surface area contributed by atoms with E-state index in [-0.39, 0.29) is 12.0 Å². The monoisotopic (exact) mass is 294 g/mol. The third-order valence-corrected chi connectivity index (χ3v) is 2.53. The quantitative estimate of drug-likeness (QED) is 0.768. The van der Waals surface area contributed by atoms with Crippen molar-refractivity contribution in [2.75, 3.05) is 18.4 Å². The smallest absolute Gasteiger partial charge is 0.226 e. The molecule has 0 unspecified atom stereocenters. The highest BCUT2D eigenvalue weighted by atomic mass is 16.5. The fraction of sp³-hybridized carbons (Fsp3) is 0.667. The number of aromatic nitrogens is 2. The van der Waals surface area contributed by atoms with Crippen LogP contribution < -0.4 is 15.4 Å². The molecular weight excluding hydrogens is 268 g/mol. The molecule has 0 fully saturated rings. The number of rotatable bonds is 8. The molecule has 0 saturated heterocycles. The van der Waals surface area contributed by atoms with Crippen molar-refractivity contribution in [2.24, 2.45) is 5.92 Å². The van der Waals surface area contributed by atoms with Crippen LogP contribution in [0.25, 0.3) is 0 Å². The van der Waals surface area contributed by atoms with Crippen LogP contribution in [0.1, 0.15) is 39.8 Å². The Kier molecular flexibility index (Phi) is 6.91. The van der Waals surface area contributed by atoms with E-state index >= 15 is 0 Å². The largest absolute Gasteiger partial charge is 0.475 e. The summed E-state index contributed by atoms with van der Waals surface area (Å²) in [5, 5.41) is 5.93. The third kappa shape index (κ3) is 7.48. The van der Waals surface area contributed by atoms with E-state index in [9.17, 15) is 4.79 Å². The molecule has 1 aromatic heterocycles. The highest BCUT2D eigenvalue weighted by Gasteiger charge is 2.06. The average molecular weight is 294 g/mol. The second kappa shape index (κ2) is 8.44. The molecule has 1 amide bonds. The highest BCUT2D eigenvalue weighted by molar-refractivity contribution is 5.76. The molecule has 0 bridgehead atoms. The second-order valence-corrected chi connectivity index (χ2v) is 5.71. The molecule has 6 nitrogen and oxygen atoms in total. The van der Waals surface area contributed by atoms with Crippen LogP contribution in [0.15, 0.2) is 6.07 Å². The molecule has 1 heterocycles. The zero-order chi connectivity index (χ0) is 15.8. The number of aryl methyl sites for hydroxylation is 1. The first-order valence-corrected chi connectivity index (χ1v) is 7.39. The predicted octanol–water partition coefficient (Wildman–Crippen LogP) is 2.15. The third-order valence-electron chi connectivity index (χ3n) is 2.53. The molecule has 0 aromatic carbocycles. The van der Waals surface area contributed by atoms with Crippen molar-refractivity contribution in [1.82, 2.24) is 15.3 Å². The van der Waals surface area contributed by atoms with E-state index in [4.69, 9.17) is 4.74 Å². The van der Waals surface area contributed by atoms with Crippen LogP contribution in [0.4, 0.5) is 5.95 Å². The van der Waals surface area contributed by atoms with Gasteiger partial charge < -0.3 is 15.4 Å². The molecule has 21 heavy (non-hydrogen) atoms. The van der Waals surface area contributed by atoms with E-state index in [0.29, 0.717) is 37.3 Å². The van der Waals surface area contributed by atoms with Crippen molar-refractivity contribution in [3.8, 4) is 5.88 Å². The van der Waals surface area contributed by atoms with Gasteiger partial charge in [-0.1, -0.05) is 13.8 Å². The lowest BCUT2D eigenvalue weighted by Gasteiger charge is -2.11. The van der Waals surface area contributed by atoms with E-state index < -0.39 is 0 Å². The fourth-order valence-electron chi connectivity index (χ4n) is 1.61. The van der Waals surface area contributed by atoms with Crippen LogP contribution in [-0.4, -0.2) is 35.1 Å². The summed E-state index contributed by atoms with van der Waals surface area (Å²) in [4.78, 5) is 20.1. The minimum atomic E-state index is 0.0301. The Morgan fingerprint density at radius 1 is 1.29 bits per heavy atom. The van der Waals surface area contributed by atoms with Crippen molar-refractivity contribution >= 4 is 11.9 Å². The maximum atomic E-state index is 11.6. The first kappa shape index (κ1) is 17.2. The van der Waals surface area contributed by atoms with Gasteiger partial charge in [-0.05, 0) is 26.7 Å². The molecule has 6 heteroatoms. The summed E-state index contributed by atoms with van der Waals surface area (Å²) in [6, 6.07) is 1.79. The first-order chi connectivity index (χ1) is 9.86. The van der Waals surface area contributed by atoms with E-state index in [2.05, 4.69) is 34.4 Å². The Hall–Kier alpha value is -1.85. The standard InChI is InChI=1S/C15H26N4O2/c1-10(2)9-17-13(20)6-7-16-15-18-12(5)8-14(19-15)21-11(3)4/h8,10-11H,6-7,9H2,1-5H3,(H,17,20)(H,16,18,19). The Balaban J connectivity index is 2.44. The Bertz CT molecular complexity index is 461. The van der Waals surface area contributed by atoms with Gasteiger partial charge in [-0.2, -0.15) is 4.98 Å². The van der Waals surface area contributed by atoms with Crippen LogP contribution >= 0.6 is 0 Å². The minimum Gasteiger partial charge on any atom is -0.475 e. The Labute approximate surface area is 126 Å². The molecule has 1 aromatic rings. The van der Waals surface area contributed by atoms with Gasteiger partial charge in [-0.25, -0.2) is 4.98 Å². The number of ether oxygens (including phenoxy) is 1. The highest BCUT2D eigenvalue weighted by Crippen LogP contribution is 2.13. The maximum Gasteiger partial charge on any atom is 0.226 e. The van der Waals surface area contributed by atoms with Crippen molar-refractivity contribution in [2.45, 2.75) is 47.1 Å². The number of nitrogens with zero attached hydrogens (tertiary/aromatic N) is 2. The van der Waals surface area contributed by atoms with Crippen LogP contribution in [0.5, 0.6) is 5.88 Å². The van der Waals surface area contributed by atoms with Crippen LogP contribution in [0.3, 0.4) is 0 Å². The lowest BCUT2D eigenvalue weighted by Crippen LogP contribution is -2.28. The summed E-state index contributed by atoms with van der Waals surface area (Å²) in [7, 11) is 0. The first-order valence-electron chi connectivity index (χ1n) is 7.39. The molecule has 2 N–H and O–H groups in total. The molecule has 0 saturated carbocycles. The zero-order valence-corrected chi connectivity index (χ0v) is 13.6. The summed E-state index contributed by atoms with van der Waals surface area (Å²) in [5.74, 6) is 1.52. The van der Waals surface area contributed by atoms with Crippen molar-refractivity contribution in [1.29, 1.82) is 0 Å². The molecule has 0 spiro atoms. The second-order valence-electron chi connectivity index (χ2n) is 5.71. The number of amides is 1.